The van der Waals surface area contributed by atoms with E-state index in [-0.39, 0.29) is 53.4 Å². The highest BCUT2D eigenvalue weighted by Gasteiger charge is 2.59. The second-order valence-corrected chi connectivity index (χ2v) is 6.54. The molecule has 0 spiro atoms. The first-order chi connectivity index (χ1) is 9.15. The van der Waals surface area contributed by atoms with Crippen molar-refractivity contribution in [1.29, 1.82) is 0 Å². The maximum absolute atomic E-state index is 12.4. The lowest BCUT2D eigenvalue weighted by molar-refractivity contribution is -0.142. The van der Waals surface area contributed by atoms with Crippen molar-refractivity contribution in [2.45, 2.75) is 12.5 Å². The summed E-state index contributed by atoms with van der Waals surface area (Å²) in [7, 11) is 0. The Kier molecular flexibility index (Phi) is 2.33. The Bertz CT molecular complexity index is 487. The molecule has 0 aromatic carbocycles. The normalized spacial score (nSPS) is 43.3. The third-order valence-electron chi connectivity index (χ3n) is 4.60. The third-order valence-corrected chi connectivity index (χ3v) is 5.47. The van der Waals surface area contributed by atoms with Gasteiger partial charge in [0, 0.05) is 5.75 Å². The minimum absolute atomic E-state index is 0.0696. The quantitative estimate of drug-likeness (QED) is 0.429. The Morgan fingerprint density at radius 2 is 1.79 bits per heavy atom. The second kappa shape index (κ2) is 3.85. The molecule has 5 nitrogen and oxygen atoms in total. The molecule has 5 atom stereocenters. The van der Waals surface area contributed by atoms with E-state index in [1.807, 2.05) is 0 Å². The van der Waals surface area contributed by atoms with Gasteiger partial charge in [-0.1, -0.05) is 12.2 Å². The van der Waals surface area contributed by atoms with Crippen LogP contribution in [0.25, 0.3) is 0 Å². The zero-order valence-corrected chi connectivity index (χ0v) is 11.0. The van der Waals surface area contributed by atoms with Crippen LogP contribution >= 0.6 is 11.8 Å². The van der Waals surface area contributed by atoms with Gasteiger partial charge in [0.05, 0.1) is 18.4 Å². The van der Waals surface area contributed by atoms with E-state index in [9.17, 15) is 14.4 Å². The van der Waals surface area contributed by atoms with Crippen molar-refractivity contribution in [1.82, 2.24) is 4.90 Å². The Labute approximate surface area is 114 Å². The Hall–Kier alpha value is -1.30. The molecule has 1 saturated carbocycles. The maximum Gasteiger partial charge on any atom is 0.367 e. The molecule has 6 heteroatoms. The summed E-state index contributed by atoms with van der Waals surface area (Å²) in [4.78, 5) is 37.1. The van der Waals surface area contributed by atoms with Crippen molar-refractivity contribution in [2.75, 3.05) is 12.3 Å². The van der Waals surface area contributed by atoms with Crippen LogP contribution in [0.2, 0.25) is 0 Å². The number of likely N-dealkylation sites (tertiary alicyclic amines) is 1. The smallest absolute Gasteiger partial charge is 0.367 e. The van der Waals surface area contributed by atoms with Crippen LogP contribution in [-0.2, 0) is 14.3 Å². The van der Waals surface area contributed by atoms with Gasteiger partial charge in [-0.15, -0.1) is 0 Å². The van der Waals surface area contributed by atoms with Crippen LogP contribution in [0.1, 0.15) is 6.42 Å². The molecular formula is C13H13NO4S. The molecule has 3 fully saturated rings. The first kappa shape index (κ1) is 11.5. The molecule has 100 valence electrons. The first-order valence-electron chi connectivity index (χ1n) is 6.52. The zero-order valence-electron chi connectivity index (χ0n) is 10.2. The van der Waals surface area contributed by atoms with Gasteiger partial charge in [-0.05, 0) is 30.0 Å². The Morgan fingerprint density at radius 1 is 1.16 bits per heavy atom. The highest BCUT2D eigenvalue weighted by atomic mass is 32.2. The van der Waals surface area contributed by atoms with Crippen LogP contribution in [0.5, 0.6) is 0 Å². The lowest BCUT2D eigenvalue weighted by atomic mass is 9.85. The number of ether oxygens (including phenoxy) is 1. The standard InChI is InChI=1S/C13H13NO4S/c15-11-9-6-1-2-7(3-6)10(9)12(16)14(11)4-8-5-19-13(17)18-8/h1-2,6-10H,3-5H2. The number of cyclic esters (lactones) is 1. The molecule has 0 aromatic rings. The number of nitrogens with zero attached hydrogens (tertiary/aromatic N) is 1. The minimum Gasteiger partial charge on any atom is -0.451 e. The largest absolute Gasteiger partial charge is 0.451 e. The van der Waals surface area contributed by atoms with Crippen LogP contribution in [0.3, 0.4) is 0 Å². The van der Waals surface area contributed by atoms with E-state index in [4.69, 9.17) is 4.74 Å². The lowest BCUT2D eigenvalue weighted by Crippen LogP contribution is -2.39. The average Bonchev–Trinajstić information content (AvgIpc) is 3.11. The Balaban J connectivity index is 1.54. The number of carbonyl (C=O) groups excluding carboxylic acids is 3. The SMILES string of the molecule is O=C1OC(CN2C(=O)C3C4C=CC(C4)C3C2=O)CS1. The highest BCUT2D eigenvalue weighted by molar-refractivity contribution is 8.13. The van der Waals surface area contributed by atoms with E-state index in [2.05, 4.69) is 12.2 Å². The number of allylic oxidation sites excluding steroid dienone is 2. The second-order valence-electron chi connectivity index (χ2n) is 5.59. The molecule has 4 aliphatic rings. The number of hydrogen-bond acceptors (Lipinski definition) is 5. The monoisotopic (exact) mass is 279 g/mol. The summed E-state index contributed by atoms with van der Waals surface area (Å²) in [5.74, 6) is 0.532. The van der Waals surface area contributed by atoms with E-state index in [1.165, 1.54) is 4.90 Å². The summed E-state index contributed by atoms with van der Waals surface area (Å²) in [6.45, 7) is 0.225. The average molecular weight is 279 g/mol. The molecule has 2 heterocycles. The number of hydrogen-bond donors (Lipinski definition) is 0. The van der Waals surface area contributed by atoms with E-state index in [0.717, 1.165) is 18.2 Å². The van der Waals surface area contributed by atoms with Gasteiger partial charge in [0.15, 0.2) is 0 Å². The molecule has 0 aromatic heterocycles. The fourth-order valence-electron chi connectivity index (χ4n) is 3.80. The van der Waals surface area contributed by atoms with Crippen LogP contribution < -0.4 is 0 Å². The van der Waals surface area contributed by atoms with Crippen molar-refractivity contribution >= 4 is 28.9 Å². The molecule has 0 N–H and O–H groups in total. The summed E-state index contributed by atoms with van der Waals surface area (Å²) in [6.07, 6.45) is 4.75. The summed E-state index contributed by atoms with van der Waals surface area (Å²) in [5, 5.41) is -0.314. The molecule has 2 amide bonds. The van der Waals surface area contributed by atoms with Crippen molar-refractivity contribution in [3.63, 3.8) is 0 Å². The molecule has 4 rings (SSSR count). The topological polar surface area (TPSA) is 63.7 Å². The number of thioether (sulfide) groups is 1. The zero-order chi connectivity index (χ0) is 13.1. The van der Waals surface area contributed by atoms with Crippen LogP contribution in [0, 0.1) is 23.7 Å². The van der Waals surface area contributed by atoms with E-state index < -0.39 is 0 Å². The summed E-state index contributed by atoms with van der Waals surface area (Å²) in [6, 6.07) is 0. The lowest BCUT2D eigenvalue weighted by Gasteiger charge is -2.19. The fraction of sp³-hybridized carbons (Fsp3) is 0.615. The fourth-order valence-corrected chi connectivity index (χ4v) is 4.50. The third kappa shape index (κ3) is 1.52. The predicted octanol–water partition coefficient (Wildman–Crippen LogP) is 1.05. The molecule has 2 saturated heterocycles. The van der Waals surface area contributed by atoms with E-state index >= 15 is 0 Å². The number of fused-ring (bicyclic) bond motifs is 5. The Morgan fingerprint density at radius 3 is 2.32 bits per heavy atom. The molecule has 5 unspecified atom stereocenters. The van der Waals surface area contributed by atoms with Gasteiger partial charge >= 0.3 is 5.30 Å². The minimum atomic E-state index is -0.338. The van der Waals surface area contributed by atoms with Crippen LogP contribution in [0.15, 0.2) is 12.2 Å². The van der Waals surface area contributed by atoms with Crippen LogP contribution in [-0.4, -0.2) is 40.4 Å². The predicted molar refractivity (Wildman–Crippen MR) is 67.2 cm³/mol. The van der Waals surface area contributed by atoms with Crippen molar-refractivity contribution in [2.24, 2.45) is 23.7 Å². The van der Waals surface area contributed by atoms with Gasteiger partial charge < -0.3 is 4.74 Å². The first-order valence-corrected chi connectivity index (χ1v) is 7.50. The van der Waals surface area contributed by atoms with Crippen molar-refractivity contribution in [3.8, 4) is 0 Å². The van der Waals surface area contributed by atoms with E-state index in [1.54, 1.807) is 0 Å². The summed E-state index contributed by atoms with van der Waals surface area (Å²) < 4.78 is 5.07. The highest BCUT2D eigenvalue weighted by Crippen LogP contribution is 2.52. The van der Waals surface area contributed by atoms with Crippen molar-refractivity contribution in [3.05, 3.63) is 12.2 Å². The van der Waals surface area contributed by atoms with Gasteiger partial charge in [-0.3, -0.25) is 14.5 Å². The molecule has 0 radical (unpaired) electrons. The number of rotatable bonds is 2. The molecular weight excluding hydrogens is 266 g/mol. The van der Waals surface area contributed by atoms with Gasteiger partial charge in [-0.25, -0.2) is 4.79 Å². The number of amides is 2. The molecule has 19 heavy (non-hydrogen) atoms. The maximum atomic E-state index is 12.4. The molecule has 2 aliphatic heterocycles. The summed E-state index contributed by atoms with van der Waals surface area (Å²) >= 11 is 1.10. The van der Waals surface area contributed by atoms with Crippen LogP contribution in [0.4, 0.5) is 4.79 Å². The van der Waals surface area contributed by atoms with Crippen molar-refractivity contribution < 1.29 is 19.1 Å². The van der Waals surface area contributed by atoms with Gasteiger partial charge in [-0.2, -0.15) is 0 Å². The van der Waals surface area contributed by atoms with E-state index in [0.29, 0.717) is 5.75 Å². The molecule has 2 aliphatic carbocycles. The summed E-state index contributed by atoms with van der Waals surface area (Å²) in [5.41, 5.74) is 0. The van der Waals surface area contributed by atoms with Gasteiger partial charge in [0.1, 0.15) is 6.10 Å². The van der Waals surface area contributed by atoms with Gasteiger partial charge in [0.2, 0.25) is 11.8 Å². The number of imide groups is 1. The number of carbonyl (C=O) groups is 3. The molecule has 2 bridgehead atoms. The van der Waals surface area contributed by atoms with Gasteiger partial charge in [0.25, 0.3) is 0 Å².